The van der Waals surface area contributed by atoms with Crippen LogP contribution in [-0.4, -0.2) is 65.7 Å². The molecule has 0 radical (unpaired) electrons. The van der Waals surface area contributed by atoms with E-state index in [4.69, 9.17) is 4.74 Å². The highest BCUT2D eigenvalue weighted by Gasteiger charge is 2.52. The topological polar surface area (TPSA) is 160 Å². The van der Waals surface area contributed by atoms with Gasteiger partial charge in [0.2, 0.25) is 23.6 Å². The van der Waals surface area contributed by atoms with E-state index in [2.05, 4.69) is 21.3 Å². The van der Waals surface area contributed by atoms with E-state index in [0.717, 1.165) is 12.8 Å². The van der Waals surface area contributed by atoms with Gasteiger partial charge in [0.25, 0.3) is 0 Å². The Morgan fingerprint density at radius 1 is 1.06 bits per heavy atom. The largest absolute Gasteiger partial charge is 0.456 e. The highest BCUT2D eigenvalue weighted by atomic mass is 16.5. The zero-order chi connectivity index (χ0) is 26.0. The summed E-state index contributed by atoms with van der Waals surface area (Å²) in [4.78, 5) is 75.0. The van der Waals surface area contributed by atoms with E-state index in [1.807, 2.05) is 6.92 Å². The standard InChI is InChI=1S/C24H36N4O7/c1-4-6-7-8-16-13-19(30)26-18(10-9-15(3)29)21(32)27-17(5-2)22(33)28-24(11-12-24)23(34)25-14-20(31)35-16/h7-8,16-18H,4-6,9-14H2,1-3H3,(H,25,34)(H,26,30)(H,27,32)(H,28,33)/b8-7+/t16-,17-,18-/m1/s1. The van der Waals surface area contributed by atoms with Crippen molar-refractivity contribution in [2.45, 2.75) is 95.9 Å². The Labute approximate surface area is 205 Å². The third kappa shape index (κ3) is 8.80. The molecule has 2 rings (SSSR count). The number of allylic oxidation sites excluding steroid dienone is 1. The van der Waals surface area contributed by atoms with Crippen molar-refractivity contribution in [3.63, 3.8) is 0 Å². The molecule has 0 aromatic carbocycles. The fourth-order valence-electron chi connectivity index (χ4n) is 3.63. The van der Waals surface area contributed by atoms with Crippen LogP contribution in [0.2, 0.25) is 0 Å². The average Bonchev–Trinajstić information content (AvgIpc) is 3.58. The maximum absolute atomic E-state index is 13.0. The third-order valence-electron chi connectivity index (χ3n) is 5.89. The summed E-state index contributed by atoms with van der Waals surface area (Å²) in [6.07, 6.45) is 5.00. The SMILES string of the molecule is CCC/C=C/[C@@H]1CC(=O)N[C@H](CCC(C)=O)C(=O)N[C@H](CC)C(=O)NC2(CC2)C(=O)NCC(=O)O1. The van der Waals surface area contributed by atoms with Crippen LogP contribution in [0.3, 0.4) is 0 Å². The summed E-state index contributed by atoms with van der Waals surface area (Å²) >= 11 is 0. The van der Waals surface area contributed by atoms with Gasteiger partial charge in [-0.3, -0.25) is 24.0 Å². The van der Waals surface area contributed by atoms with Crippen molar-refractivity contribution in [1.82, 2.24) is 21.3 Å². The van der Waals surface area contributed by atoms with Gasteiger partial charge in [-0.05, 0) is 45.1 Å². The van der Waals surface area contributed by atoms with Crippen molar-refractivity contribution in [2.24, 2.45) is 0 Å². The highest BCUT2D eigenvalue weighted by molar-refractivity contribution is 5.98. The van der Waals surface area contributed by atoms with Crippen LogP contribution < -0.4 is 21.3 Å². The van der Waals surface area contributed by atoms with Gasteiger partial charge in [-0.15, -0.1) is 0 Å². The molecule has 194 valence electrons. The molecule has 35 heavy (non-hydrogen) atoms. The van der Waals surface area contributed by atoms with Crippen molar-refractivity contribution < 1.29 is 33.5 Å². The quantitative estimate of drug-likeness (QED) is 0.291. The molecule has 1 saturated heterocycles. The lowest BCUT2D eigenvalue weighted by atomic mass is 10.1. The number of hydrogen-bond donors (Lipinski definition) is 4. The minimum Gasteiger partial charge on any atom is -0.456 e. The maximum Gasteiger partial charge on any atom is 0.326 e. The predicted octanol–water partition coefficient (Wildman–Crippen LogP) is 0.172. The number of unbranched alkanes of at least 4 members (excludes halogenated alkanes) is 1. The van der Waals surface area contributed by atoms with Gasteiger partial charge in [-0.1, -0.05) is 26.3 Å². The number of hydrogen-bond acceptors (Lipinski definition) is 7. The fraction of sp³-hybridized carbons (Fsp3) is 0.667. The second-order valence-corrected chi connectivity index (χ2v) is 9.03. The van der Waals surface area contributed by atoms with E-state index in [9.17, 15) is 28.8 Å². The smallest absolute Gasteiger partial charge is 0.326 e. The van der Waals surface area contributed by atoms with Crippen molar-refractivity contribution in [2.75, 3.05) is 6.54 Å². The summed E-state index contributed by atoms with van der Waals surface area (Å²) in [5, 5.41) is 10.4. The molecule has 0 bridgehead atoms. The zero-order valence-corrected chi connectivity index (χ0v) is 20.6. The second kappa shape index (κ2) is 13.0. The second-order valence-electron chi connectivity index (χ2n) is 9.03. The van der Waals surface area contributed by atoms with E-state index in [-0.39, 0.29) is 31.5 Å². The summed E-state index contributed by atoms with van der Waals surface area (Å²) in [7, 11) is 0. The zero-order valence-electron chi connectivity index (χ0n) is 20.6. The summed E-state index contributed by atoms with van der Waals surface area (Å²) in [5.74, 6) is -3.10. The number of rotatable bonds is 7. The molecule has 2 aliphatic rings. The van der Waals surface area contributed by atoms with Crippen LogP contribution in [-0.2, 0) is 33.5 Å². The van der Waals surface area contributed by atoms with Gasteiger partial charge in [0.1, 0.15) is 36.1 Å². The molecule has 1 saturated carbocycles. The van der Waals surface area contributed by atoms with E-state index in [1.165, 1.54) is 6.92 Å². The molecule has 1 spiro atoms. The van der Waals surface area contributed by atoms with Crippen LogP contribution >= 0.6 is 0 Å². The van der Waals surface area contributed by atoms with Crippen molar-refractivity contribution in [3.8, 4) is 0 Å². The Bertz CT molecular complexity index is 866. The Balaban J connectivity index is 2.29. The maximum atomic E-state index is 13.0. The highest BCUT2D eigenvalue weighted by Crippen LogP contribution is 2.35. The first-order valence-electron chi connectivity index (χ1n) is 12.2. The first-order chi connectivity index (χ1) is 16.6. The number of Topliss-reactive ketones (excluding diaryl/α,β-unsaturated/α-hetero) is 1. The Morgan fingerprint density at radius 3 is 2.37 bits per heavy atom. The molecular weight excluding hydrogens is 456 g/mol. The van der Waals surface area contributed by atoms with Crippen LogP contribution in [0, 0.1) is 0 Å². The fourth-order valence-corrected chi connectivity index (χ4v) is 3.63. The number of esters is 1. The van der Waals surface area contributed by atoms with Gasteiger partial charge in [-0.25, -0.2) is 0 Å². The molecule has 1 aliphatic carbocycles. The molecule has 1 heterocycles. The lowest BCUT2D eigenvalue weighted by Crippen LogP contribution is -2.58. The summed E-state index contributed by atoms with van der Waals surface area (Å²) < 4.78 is 5.38. The van der Waals surface area contributed by atoms with Gasteiger partial charge in [0.15, 0.2) is 0 Å². The number of amides is 4. The first-order valence-corrected chi connectivity index (χ1v) is 12.2. The minimum absolute atomic E-state index is 0.0490. The van der Waals surface area contributed by atoms with Crippen molar-refractivity contribution >= 4 is 35.4 Å². The average molecular weight is 493 g/mol. The van der Waals surface area contributed by atoms with E-state index >= 15 is 0 Å². The van der Waals surface area contributed by atoms with Gasteiger partial charge in [0, 0.05) is 6.42 Å². The van der Waals surface area contributed by atoms with Crippen molar-refractivity contribution in [1.29, 1.82) is 0 Å². The lowest BCUT2D eigenvalue weighted by Gasteiger charge is -2.25. The Kier molecular flexibility index (Phi) is 10.4. The molecule has 4 amide bonds. The van der Waals surface area contributed by atoms with Crippen LogP contribution in [0.25, 0.3) is 0 Å². The van der Waals surface area contributed by atoms with Gasteiger partial charge >= 0.3 is 5.97 Å². The van der Waals surface area contributed by atoms with Crippen LogP contribution in [0.1, 0.15) is 72.1 Å². The Morgan fingerprint density at radius 2 is 1.77 bits per heavy atom. The summed E-state index contributed by atoms with van der Waals surface area (Å²) in [6, 6.07) is -2.00. The molecule has 11 nitrogen and oxygen atoms in total. The van der Waals surface area contributed by atoms with Crippen LogP contribution in [0.5, 0.6) is 0 Å². The third-order valence-corrected chi connectivity index (χ3v) is 5.89. The number of ketones is 1. The number of carbonyl (C=O) groups is 6. The minimum atomic E-state index is -1.13. The summed E-state index contributed by atoms with van der Waals surface area (Å²) in [6.45, 7) is 4.65. The van der Waals surface area contributed by atoms with Gasteiger partial charge in [0.05, 0.1) is 6.42 Å². The predicted molar refractivity (Wildman–Crippen MR) is 126 cm³/mol. The van der Waals surface area contributed by atoms with Crippen LogP contribution in [0.15, 0.2) is 12.2 Å². The monoisotopic (exact) mass is 492 g/mol. The molecule has 2 fully saturated rings. The number of nitrogens with one attached hydrogen (secondary N) is 4. The molecule has 11 heteroatoms. The molecule has 4 N–H and O–H groups in total. The normalized spacial score (nSPS) is 25.9. The molecule has 3 atom stereocenters. The number of cyclic esters (lactones) is 1. The van der Waals surface area contributed by atoms with Crippen LogP contribution in [0.4, 0.5) is 0 Å². The number of carbonyl (C=O) groups excluding carboxylic acids is 6. The summed E-state index contributed by atoms with van der Waals surface area (Å²) in [5.41, 5.74) is -1.13. The first kappa shape index (κ1) is 28.0. The Hall–Kier alpha value is -3.24. The van der Waals surface area contributed by atoms with E-state index in [1.54, 1.807) is 19.1 Å². The molecule has 0 aromatic rings. The van der Waals surface area contributed by atoms with Gasteiger partial charge in [-0.2, -0.15) is 0 Å². The molecule has 0 aromatic heterocycles. The van der Waals surface area contributed by atoms with E-state index in [0.29, 0.717) is 12.8 Å². The van der Waals surface area contributed by atoms with E-state index < -0.39 is 59.9 Å². The number of ether oxygens (including phenoxy) is 1. The van der Waals surface area contributed by atoms with Crippen molar-refractivity contribution in [3.05, 3.63) is 12.2 Å². The lowest BCUT2D eigenvalue weighted by molar-refractivity contribution is -0.148. The van der Waals surface area contributed by atoms with Gasteiger partial charge < -0.3 is 30.8 Å². The molecule has 1 aliphatic heterocycles. The molecule has 0 unspecified atom stereocenters. The molecular formula is C24H36N4O7.